The number of fused-ring (bicyclic) bond motifs is 1. The molecule has 25 heavy (non-hydrogen) atoms. The molecule has 2 aromatic heterocycles. The molecule has 8 heteroatoms. The van der Waals surface area contributed by atoms with E-state index in [1.54, 1.807) is 27.2 Å². The Hall–Kier alpha value is -1.77. The van der Waals surface area contributed by atoms with Gasteiger partial charge in [0, 0.05) is 18.8 Å². The van der Waals surface area contributed by atoms with Crippen LogP contribution in [0.1, 0.15) is 30.7 Å². The van der Waals surface area contributed by atoms with E-state index in [1.165, 1.54) is 11.3 Å². The predicted octanol–water partition coefficient (Wildman–Crippen LogP) is 3.27. The second-order valence-electron chi connectivity index (χ2n) is 6.43. The molecule has 0 amide bonds. The van der Waals surface area contributed by atoms with E-state index in [2.05, 4.69) is 10.1 Å². The minimum atomic E-state index is -3.42. The number of piperidine rings is 1. The van der Waals surface area contributed by atoms with E-state index in [1.807, 2.05) is 19.9 Å². The molecule has 1 saturated heterocycles. The highest BCUT2D eigenvalue weighted by molar-refractivity contribution is 7.89. The topological polar surface area (TPSA) is 68.1 Å². The summed E-state index contributed by atoms with van der Waals surface area (Å²) in [5.41, 5.74) is 2.74. The number of rotatable bonds is 3. The molecule has 4 rings (SSSR count). The van der Waals surface area contributed by atoms with Gasteiger partial charge < -0.3 is 0 Å². The molecule has 0 N–H and O–H groups in total. The van der Waals surface area contributed by atoms with Crippen LogP contribution in [0.5, 0.6) is 0 Å². The maximum Gasteiger partial charge on any atom is 0.243 e. The van der Waals surface area contributed by atoms with Gasteiger partial charge in [-0.3, -0.25) is 0 Å². The summed E-state index contributed by atoms with van der Waals surface area (Å²) in [7, 11) is -3.42. The lowest BCUT2D eigenvalue weighted by molar-refractivity contribution is 0.346. The summed E-state index contributed by atoms with van der Waals surface area (Å²) in [5.74, 6) is 0. The van der Waals surface area contributed by atoms with Gasteiger partial charge in [0.25, 0.3) is 0 Å². The largest absolute Gasteiger partial charge is 0.243 e. The summed E-state index contributed by atoms with van der Waals surface area (Å²) in [5, 5.41) is 5.22. The van der Waals surface area contributed by atoms with Crippen LogP contribution in [-0.2, 0) is 10.0 Å². The van der Waals surface area contributed by atoms with Crippen molar-refractivity contribution in [3.05, 3.63) is 35.7 Å². The van der Waals surface area contributed by atoms with Gasteiger partial charge in [-0.25, -0.2) is 18.1 Å². The predicted molar refractivity (Wildman–Crippen MR) is 98.8 cm³/mol. The summed E-state index contributed by atoms with van der Waals surface area (Å²) in [6, 6.07) is 7.19. The molecular weight excluding hydrogens is 356 g/mol. The highest BCUT2D eigenvalue weighted by Gasteiger charge is 2.26. The summed E-state index contributed by atoms with van der Waals surface area (Å²) < 4.78 is 30.0. The lowest BCUT2D eigenvalue weighted by Gasteiger charge is -2.25. The van der Waals surface area contributed by atoms with Crippen molar-refractivity contribution in [3.63, 3.8) is 0 Å². The van der Waals surface area contributed by atoms with Gasteiger partial charge in [-0.15, -0.1) is 0 Å². The normalized spacial score (nSPS) is 16.6. The quantitative estimate of drug-likeness (QED) is 0.703. The molecule has 1 aliphatic heterocycles. The van der Waals surface area contributed by atoms with Gasteiger partial charge in [-0.05, 0) is 51.0 Å². The first-order valence-corrected chi connectivity index (χ1v) is 10.7. The molecule has 0 radical (unpaired) electrons. The van der Waals surface area contributed by atoms with Crippen LogP contribution in [0, 0.1) is 13.8 Å². The maximum absolute atomic E-state index is 12.9. The third kappa shape index (κ3) is 2.98. The number of nitrogens with zero attached hydrogens (tertiary/aromatic N) is 4. The van der Waals surface area contributed by atoms with E-state index in [4.69, 9.17) is 0 Å². The Kier molecular flexibility index (Phi) is 4.13. The fraction of sp³-hybridized carbons (Fsp3) is 0.412. The second kappa shape index (κ2) is 6.19. The number of benzene rings is 1. The van der Waals surface area contributed by atoms with Crippen LogP contribution in [-0.4, -0.2) is 40.6 Å². The molecule has 0 saturated carbocycles. The Morgan fingerprint density at radius 2 is 1.84 bits per heavy atom. The fourth-order valence-electron chi connectivity index (χ4n) is 3.22. The molecule has 3 aromatic rings. The van der Waals surface area contributed by atoms with E-state index in [0.29, 0.717) is 18.0 Å². The highest BCUT2D eigenvalue weighted by Crippen LogP contribution is 2.29. The van der Waals surface area contributed by atoms with E-state index in [9.17, 15) is 8.42 Å². The molecule has 0 unspecified atom stereocenters. The molecule has 0 spiro atoms. The average molecular weight is 377 g/mol. The summed E-state index contributed by atoms with van der Waals surface area (Å²) in [6.45, 7) is 5.15. The van der Waals surface area contributed by atoms with Crippen LogP contribution in [0.4, 0.5) is 0 Å². The van der Waals surface area contributed by atoms with Crippen LogP contribution in [0.25, 0.3) is 15.3 Å². The lowest BCUT2D eigenvalue weighted by atomic mass is 10.2. The van der Waals surface area contributed by atoms with E-state index in [-0.39, 0.29) is 0 Å². The minimum Gasteiger partial charge on any atom is -0.218 e. The summed E-state index contributed by atoms with van der Waals surface area (Å²) in [6.07, 6.45) is 2.97. The van der Waals surface area contributed by atoms with Gasteiger partial charge in [0.15, 0.2) is 0 Å². The Labute approximate surface area is 151 Å². The molecule has 0 atom stereocenters. The van der Waals surface area contributed by atoms with Crippen LogP contribution >= 0.6 is 11.3 Å². The third-order valence-corrected chi connectivity index (χ3v) is 7.38. The number of hydrogen-bond acceptors (Lipinski definition) is 5. The molecule has 3 heterocycles. The molecule has 0 aliphatic carbocycles. The molecule has 6 nitrogen and oxygen atoms in total. The van der Waals surface area contributed by atoms with Crippen molar-refractivity contribution in [2.75, 3.05) is 13.1 Å². The van der Waals surface area contributed by atoms with Crippen molar-refractivity contribution in [1.82, 2.24) is 19.1 Å². The van der Waals surface area contributed by atoms with Gasteiger partial charge in [0.1, 0.15) is 0 Å². The summed E-state index contributed by atoms with van der Waals surface area (Å²) in [4.78, 5) is 4.96. The van der Waals surface area contributed by atoms with Crippen molar-refractivity contribution >= 4 is 31.6 Å². The van der Waals surface area contributed by atoms with E-state index in [0.717, 1.165) is 46.0 Å². The van der Waals surface area contributed by atoms with Crippen molar-refractivity contribution in [2.24, 2.45) is 0 Å². The smallest absolute Gasteiger partial charge is 0.218 e. The molecule has 1 aromatic carbocycles. The number of thiazole rings is 1. The first-order chi connectivity index (χ1) is 11.9. The molecule has 1 fully saturated rings. The number of hydrogen-bond donors (Lipinski definition) is 0. The third-order valence-electron chi connectivity index (χ3n) is 4.49. The Morgan fingerprint density at radius 1 is 1.08 bits per heavy atom. The standard InChI is InChI=1S/C17H20N4O2S2/c1-12-10-13(2)21(19-12)17-18-15-7-6-14(11-16(15)24-17)25(22,23)20-8-4-3-5-9-20/h6-7,10-11H,3-5,8-9H2,1-2H3. The number of aromatic nitrogens is 3. The van der Waals surface area contributed by atoms with Gasteiger partial charge >= 0.3 is 0 Å². The van der Waals surface area contributed by atoms with Crippen molar-refractivity contribution in [3.8, 4) is 5.13 Å². The maximum atomic E-state index is 12.9. The Balaban J connectivity index is 1.74. The zero-order valence-corrected chi connectivity index (χ0v) is 15.9. The first-order valence-electron chi connectivity index (χ1n) is 8.39. The summed E-state index contributed by atoms with van der Waals surface area (Å²) >= 11 is 1.46. The fourth-order valence-corrected chi connectivity index (χ4v) is 5.86. The van der Waals surface area contributed by atoms with Crippen LogP contribution < -0.4 is 0 Å². The van der Waals surface area contributed by atoms with Crippen molar-refractivity contribution in [2.45, 2.75) is 38.0 Å². The SMILES string of the molecule is Cc1cc(C)n(-c2nc3ccc(S(=O)(=O)N4CCCCC4)cc3s2)n1. The van der Waals surface area contributed by atoms with Crippen LogP contribution in [0.3, 0.4) is 0 Å². The zero-order valence-electron chi connectivity index (χ0n) is 14.3. The number of sulfonamides is 1. The second-order valence-corrected chi connectivity index (χ2v) is 9.38. The monoisotopic (exact) mass is 376 g/mol. The Morgan fingerprint density at radius 3 is 2.52 bits per heavy atom. The molecule has 1 aliphatic rings. The Bertz CT molecular complexity index is 1030. The first kappa shape index (κ1) is 16.7. The van der Waals surface area contributed by atoms with Crippen molar-refractivity contribution in [1.29, 1.82) is 0 Å². The lowest BCUT2D eigenvalue weighted by Crippen LogP contribution is -2.35. The zero-order chi connectivity index (χ0) is 17.6. The van der Waals surface area contributed by atoms with Crippen LogP contribution in [0.15, 0.2) is 29.2 Å². The van der Waals surface area contributed by atoms with E-state index >= 15 is 0 Å². The molecule has 0 bridgehead atoms. The van der Waals surface area contributed by atoms with Crippen molar-refractivity contribution < 1.29 is 8.42 Å². The molecule has 132 valence electrons. The van der Waals surface area contributed by atoms with Gasteiger partial charge in [-0.1, -0.05) is 17.8 Å². The highest BCUT2D eigenvalue weighted by atomic mass is 32.2. The minimum absolute atomic E-state index is 0.352. The molecular formula is C17H20N4O2S2. The van der Waals surface area contributed by atoms with E-state index < -0.39 is 10.0 Å². The van der Waals surface area contributed by atoms with Gasteiger partial charge in [0.2, 0.25) is 15.2 Å². The van der Waals surface area contributed by atoms with Gasteiger partial charge in [0.05, 0.1) is 20.8 Å². The number of aryl methyl sites for hydroxylation is 2. The van der Waals surface area contributed by atoms with Crippen LogP contribution in [0.2, 0.25) is 0 Å². The van der Waals surface area contributed by atoms with Gasteiger partial charge in [-0.2, -0.15) is 9.40 Å². The average Bonchev–Trinajstić information content (AvgIpc) is 3.17.